The van der Waals surface area contributed by atoms with E-state index in [1.54, 1.807) is 19.1 Å². The van der Waals surface area contributed by atoms with E-state index in [-0.39, 0.29) is 16.3 Å². The lowest BCUT2D eigenvalue weighted by molar-refractivity contribution is 0.0696. The minimum Gasteiger partial charge on any atom is -0.478 e. The third kappa shape index (κ3) is 2.83. The highest BCUT2D eigenvalue weighted by Crippen LogP contribution is 2.14. The number of aromatic carboxylic acids is 1. The zero-order valence-electron chi connectivity index (χ0n) is 13.1. The minimum absolute atomic E-state index is 0.0677. The van der Waals surface area contributed by atoms with Crippen molar-refractivity contribution in [2.45, 2.75) is 6.92 Å². The molecule has 25 heavy (non-hydrogen) atoms. The summed E-state index contributed by atoms with van der Waals surface area (Å²) in [4.78, 5) is 47.6. The van der Waals surface area contributed by atoms with Gasteiger partial charge in [-0.1, -0.05) is 24.3 Å². The molecule has 124 valence electrons. The van der Waals surface area contributed by atoms with Crippen molar-refractivity contribution in [3.63, 3.8) is 0 Å². The molecule has 0 aromatic heterocycles. The zero-order chi connectivity index (χ0) is 18.1. The third-order valence-corrected chi connectivity index (χ3v) is 3.81. The van der Waals surface area contributed by atoms with Crippen LogP contribution in [0.2, 0.25) is 0 Å². The Hall–Kier alpha value is -3.61. The number of hydrogen-bond donors (Lipinski definition) is 2. The highest BCUT2D eigenvalue weighted by Gasteiger charge is 2.11. The van der Waals surface area contributed by atoms with Gasteiger partial charge in [-0.15, -0.1) is 0 Å². The van der Waals surface area contributed by atoms with Crippen molar-refractivity contribution in [3.8, 4) is 0 Å². The summed E-state index contributed by atoms with van der Waals surface area (Å²) in [5.41, 5.74) is 1.15. The molecule has 0 saturated carbocycles. The van der Waals surface area contributed by atoms with Gasteiger partial charge in [-0.25, -0.2) is 4.79 Å². The number of aryl methyl sites for hydroxylation is 1. The Bertz CT molecular complexity index is 1220. The number of carboxylic acids is 1. The van der Waals surface area contributed by atoms with Crippen molar-refractivity contribution in [1.82, 2.24) is 0 Å². The van der Waals surface area contributed by atoms with E-state index >= 15 is 0 Å². The average Bonchev–Trinajstić information content (AvgIpc) is 2.59. The number of fused-ring (bicyclic) bond motifs is 1. The summed E-state index contributed by atoms with van der Waals surface area (Å²) >= 11 is 0. The maximum Gasteiger partial charge on any atom is 0.335 e. The van der Waals surface area contributed by atoms with Crippen LogP contribution in [-0.4, -0.2) is 11.1 Å². The maximum absolute atomic E-state index is 12.4. The van der Waals surface area contributed by atoms with Gasteiger partial charge in [-0.2, -0.15) is 5.10 Å². The van der Waals surface area contributed by atoms with Gasteiger partial charge >= 0.3 is 5.97 Å². The summed E-state index contributed by atoms with van der Waals surface area (Å²) < 4.78 is 0. The molecule has 2 N–H and O–H groups in total. The molecule has 0 spiro atoms. The van der Waals surface area contributed by atoms with Gasteiger partial charge in [0.2, 0.25) is 10.9 Å². The maximum atomic E-state index is 12.4. The second-order valence-electron chi connectivity index (χ2n) is 5.44. The number of benzene rings is 3. The molecule has 0 bridgehead atoms. The summed E-state index contributed by atoms with van der Waals surface area (Å²) in [5, 5.41) is 12.5. The van der Waals surface area contributed by atoms with E-state index in [0.717, 1.165) is 0 Å². The predicted molar refractivity (Wildman–Crippen MR) is 92.5 cm³/mol. The molecule has 0 aliphatic rings. The molecular weight excluding hydrogens is 324 g/mol. The Kier molecular flexibility index (Phi) is 3.98. The molecule has 7 nitrogen and oxygen atoms in total. The quantitative estimate of drug-likeness (QED) is 0.538. The van der Waals surface area contributed by atoms with Crippen molar-refractivity contribution in [3.05, 3.63) is 89.6 Å². The van der Waals surface area contributed by atoms with Crippen LogP contribution in [0.15, 0.2) is 61.9 Å². The van der Waals surface area contributed by atoms with Gasteiger partial charge in [0.05, 0.1) is 11.3 Å². The van der Waals surface area contributed by atoms with E-state index in [1.165, 1.54) is 30.3 Å². The van der Waals surface area contributed by atoms with E-state index < -0.39 is 27.6 Å². The predicted octanol–water partition coefficient (Wildman–Crippen LogP) is 0.730. The van der Waals surface area contributed by atoms with Crippen LogP contribution in [0.1, 0.15) is 15.9 Å². The van der Waals surface area contributed by atoms with Gasteiger partial charge in [-0.3, -0.25) is 19.8 Å². The lowest BCUT2D eigenvalue weighted by atomic mass is 10.1. The van der Waals surface area contributed by atoms with Gasteiger partial charge in [0.15, 0.2) is 5.36 Å². The molecule has 0 heterocycles. The van der Waals surface area contributed by atoms with Crippen LogP contribution >= 0.6 is 0 Å². The summed E-state index contributed by atoms with van der Waals surface area (Å²) in [6, 6.07) is 10.4. The number of rotatable bonds is 3. The molecule has 0 unspecified atom stereocenters. The van der Waals surface area contributed by atoms with Gasteiger partial charge < -0.3 is 5.11 Å². The van der Waals surface area contributed by atoms with Gasteiger partial charge in [0, 0.05) is 10.8 Å². The Balaban J connectivity index is 2.13. The second-order valence-corrected chi connectivity index (χ2v) is 5.44. The largest absolute Gasteiger partial charge is 0.478 e. The van der Waals surface area contributed by atoms with Crippen LogP contribution in [0, 0.1) is 6.92 Å². The summed E-state index contributed by atoms with van der Waals surface area (Å²) in [6.45, 7) is 1.61. The fraction of sp³-hybridized carbons (Fsp3) is 0.0556. The number of carbonyl (C=O) groups is 1. The van der Waals surface area contributed by atoms with Crippen LogP contribution < -0.4 is 27.1 Å². The fourth-order valence-corrected chi connectivity index (χ4v) is 2.53. The molecule has 0 saturated heterocycles. The number of anilines is 1. The normalized spacial score (nSPS) is 11.6. The Morgan fingerprint density at radius 2 is 1.60 bits per heavy atom. The minimum atomic E-state index is -1.06. The molecule has 3 aromatic rings. The van der Waals surface area contributed by atoms with E-state index in [2.05, 4.69) is 10.5 Å². The highest BCUT2D eigenvalue weighted by atomic mass is 16.4. The first-order valence-corrected chi connectivity index (χ1v) is 7.30. The molecule has 7 heteroatoms. The first kappa shape index (κ1) is 16.3. The molecule has 0 fully saturated rings. The molecule has 0 amide bonds. The van der Waals surface area contributed by atoms with Crippen LogP contribution in [-0.2, 0) is 0 Å². The van der Waals surface area contributed by atoms with Gasteiger partial charge in [-0.05, 0) is 30.7 Å². The Morgan fingerprint density at radius 1 is 0.960 bits per heavy atom. The molecule has 0 atom stereocenters. The molecule has 0 radical (unpaired) electrons. The third-order valence-electron chi connectivity index (χ3n) is 3.81. The standard InChI is InChI=1S/C18H12N2O5/c1-9-8-10(6-7-11(9)18(24)25)19-20-14-15(21)12-4-2-3-5-13(12)16(22)17(14)23/h2-8,19H,1H3,(H,24,25)/b20-14-. The van der Waals surface area contributed by atoms with Crippen molar-refractivity contribution in [1.29, 1.82) is 0 Å². The molecule has 0 aliphatic carbocycles. The smallest absolute Gasteiger partial charge is 0.335 e. The summed E-state index contributed by atoms with van der Waals surface area (Å²) in [6.07, 6.45) is 0. The Labute approximate surface area is 140 Å². The lowest BCUT2D eigenvalue weighted by Crippen LogP contribution is -2.48. The van der Waals surface area contributed by atoms with Crippen molar-refractivity contribution >= 4 is 22.4 Å². The zero-order valence-corrected chi connectivity index (χ0v) is 13.1. The van der Waals surface area contributed by atoms with Crippen molar-refractivity contribution in [2.75, 3.05) is 5.43 Å². The summed E-state index contributed by atoms with van der Waals surface area (Å²) in [7, 11) is 0. The summed E-state index contributed by atoms with van der Waals surface area (Å²) in [5.74, 6) is -1.06. The topological polar surface area (TPSA) is 113 Å². The number of hydrogen-bond acceptors (Lipinski definition) is 6. The molecular formula is C18H12N2O5. The Morgan fingerprint density at radius 3 is 2.20 bits per heavy atom. The van der Waals surface area contributed by atoms with Crippen molar-refractivity contribution < 1.29 is 9.90 Å². The first-order chi connectivity index (χ1) is 11.9. The van der Waals surface area contributed by atoms with E-state index in [0.29, 0.717) is 11.3 Å². The fourth-order valence-electron chi connectivity index (χ4n) is 2.53. The van der Waals surface area contributed by atoms with Gasteiger partial charge in [0.1, 0.15) is 0 Å². The average molecular weight is 336 g/mol. The van der Waals surface area contributed by atoms with Crippen LogP contribution in [0.25, 0.3) is 10.8 Å². The van der Waals surface area contributed by atoms with Gasteiger partial charge in [0.25, 0.3) is 5.43 Å². The molecule has 3 aromatic carbocycles. The number of nitrogens with one attached hydrogen (secondary N) is 1. The van der Waals surface area contributed by atoms with E-state index in [9.17, 15) is 19.2 Å². The van der Waals surface area contributed by atoms with Crippen LogP contribution in [0.3, 0.4) is 0 Å². The second kappa shape index (κ2) is 6.12. The van der Waals surface area contributed by atoms with E-state index in [4.69, 9.17) is 5.11 Å². The molecule has 0 aliphatic heterocycles. The number of nitrogens with zero attached hydrogens (tertiary/aromatic N) is 1. The first-order valence-electron chi connectivity index (χ1n) is 7.30. The SMILES string of the molecule is Cc1cc(N/N=c2\c(=O)c(=O)c3ccccc3c2=O)ccc1C(=O)O. The number of carboxylic acid groups (broad SMARTS) is 1. The van der Waals surface area contributed by atoms with Crippen LogP contribution in [0.4, 0.5) is 5.69 Å². The lowest BCUT2D eigenvalue weighted by Gasteiger charge is -2.04. The highest BCUT2D eigenvalue weighted by molar-refractivity contribution is 5.89. The monoisotopic (exact) mass is 336 g/mol. The van der Waals surface area contributed by atoms with Crippen LogP contribution in [0.5, 0.6) is 0 Å². The van der Waals surface area contributed by atoms with Crippen molar-refractivity contribution in [2.24, 2.45) is 5.10 Å². The van der Waals surface area contributed by atoms with E-state index in [1.807, 2.05) is 0 Å². The molecule has 3 rings (SSSR count).